The quantitative estimate of drug-likeness (QED) is 0.860. The number of benzene rings is 1. The minimum atomic E-state index is -1.13. The second-order valence-electron chi connectivity index (χ2n) is 4.74. The molecule has 0 aliphatic carbocycles. The highest BCUT2D eigenvalue weighted by Gasteiger charge is 2.19. The van der Waals surface area contributed by atoms with Gasteiger partial charge in [0.1, 0.15) is 17.1 Å². The SMILES string of the molecule is CCc1oc(C(=O)NCCc2cccc(F)c2)cc1C(=O)O. The van der Waals surface area contributed by atoms with Crippen LogP contribution in [0.25, 0.3) is 0 Å². The largest absolute Gasteiger partial charge is 0.478 e. The van der Waals surface area contributed by atoms with Gasteiger partial charge in [-0.05, 0) is 24.1 Å². The van der Waals surface area contributed by atoms with E-state index < -0.39 is 11.9 Å². The fourth-order valence-electron chi connectivity index (χ4n) is 2.08. The number of halogens is 1. The molecule has 0 aliphatic rings. The molecule has 0 radical (unpaired) electrons. The van der Waals surface area contributed by atoms with Crippen LogP contribution < -0.4 is 5.32 Å². The molecule has 0 saturated carbocycles. The number of nitrogens with one attached hydrogen (secondary N) is 1. The zero-order chi connectivity index (χ0) is 16.1. The maximum Gasteiger partial charge on any atom is 0.339 e. The van der Waals surface area contributed by atoms with Crippen LogP contribution in [0.2, 0.25) is 0 Å². The number of aryl methyl sites for hydroxylation is 1. The summed E-state index contributed by atoms with van der Waals surface area (Å²) in [5.41, 5.74) is 0.762. The van der Waals surface area contributed by atoms with Gasteiger partial charge in [-0.2, -0.15) is 0 Å². The predicted molar refractivity (Wildman–Crippen MR) is 77.5 cm³/mol. The highest BCUT2D eigenvalue weighted by molar-refractivity contribution is 5.96. The number of carbonyl (C=O) groups excluding carboxylic acids is 1. The Morgan fingerprint density at radius 2 is 2.09 bits per heavy atom. The van der Waals surface area contributed by atoms with Crippen molar-refractivity contribution < 1.29 is 23.5 Å². The van der Waals surface area contributed by atoms with Gasteiger partial charge in [0, 0.05) is 19.0 Å². The van der Waals surface area contributed by atoms with Crippen LogP contribution in [0.3, 0.4) is 0 Å². The molecule has 1 aromatic heterocycles. The molecule has 0 saturated heterocycles. The third kappa shape index (κ3) is 3.72. The Bertz CT molecular complexity index is 693. The summed E-state index contributed by atoms with van der Waals surface area (Å²) in [5.74, 6) is -1.71. The molecule has 5 nitrogen and oxygen atoms in total. The van der Waals surface area contributed by atoms with Crippen molar-refractivity contribution in [2.75, 3.05) is 6.54 Å². The van der Waals surface area contributed by atoms with Crippen molar-refractivity contribution in [3.63, 3.8) is 0 Å². The fourth-order valence-corrected chi connectivity index (χ4v) is 2.08. The maximum atomic E-state index is 13.0. The van der Waals surface area contributed by atoms with Crippen LogP contribution in [0, 0.1) is 5.82 Å². The third-order valence-corrected chi connectivity index (χ3v) is 3.17. The monoisotopic (exact) mass is 305 g/mol. The van der Waals surface area contributed by atoms with Crippen molar-refractivity contribution in [2.45, 2.75) is 19.8 Å². The van der Waals surface area contributed by atoms with Gasteiger partial charge in [0.25, 0.3) is 5.91 Å². The van der Waals surface area contributed by atoms with Crippen LogP contribution in [0.1, 0.15) is 39.2 Å². The lowest BCUT2D eigenvalue weighted by atomic mass is 10.1. The lowest BCUT2D eigenvalue weighted by Crippen LogP contribution is -2.25. The number of carbonyl (C=O) groups is 2. The van der Waals surface area contributed by atoms with Gasteiger partial charge < -0.3 is 14.8 Å². The number of hydrogen-bond donors (Lipinski definition) is 2. The van der Waals surface area contributed by atoms with Crippen molar-refractivity contribution >= 4 is 11.9 Å². The van der Waals surface area contributed by atoms with Crippen molar-refractivity contribution in [3.8, 4) is 0 Å². The summed E-state index contributed by atoms with van der Waals surface area (Å²) in [5, 5.41) is 11.6. The number of carboxylic acids is 1. The lowest BCUT2D eigenvalue weighted by Gasteiger charge is -2.03. The van der Waals surface area contributed by atoms with Crippen LogP contribution in [0.5, 0.6) is 0 Å². The molecule has 0 fully saturated rings. The van der Waals surface area contributed by atoms with E-state index in [1.54, 1.807) is 19.1 Å². The number of rotatable bonds is 6. The topological polar surface area (TPSA) is 79.5 Å². The normalized spacial score (nSPS) is 10.5. The first-order chi connectivity index (χ1) is 10.5. The Morgan fingerprint density at radius 3 is 2.68 bits per heavy atom. The first kappa shape index (κ1) is 15.8. The molecule has 1 aromatic carbocycles. The van der Waals surface area contributed by atoms with Gasteiger partial charge >= 0.3 is 5.97 Å². The lowest BCUT2D eigenvalue weighted by molar-refractivity contribution is 0.0694. The summed E-state index contributed by atoms with van der Waals surface area (Å²) in [7, 11) is 0. The predicted octanol–water partition coefficient (Wildman–Crippen LogP) is 2.65. The zero-order valence-corrected chi connectivity index (χ0v) is 12.1. The van der Waals surface area contributed by atoms with Crippen molar-refractivity contribution in [1.82, 2.24) is 5.32 Å². The van der Waals surface area contributed by atoms with E-state index in [9.17, 15) is 14.0 Å². The fraction of sp³-hybridized carbons (Fsp3) is 0.250. The van der Waals surface area contributed by atoms with Gasteiger partial charge in [-0.1, -0.05) is 19.1 Å². The van der Waals surface area contributed by atoms with Crippen LogP contribution in [-0.2, 0) is 12.8 Å². The molecule has 0 bridgehead atoms. The highest BCUT2D eigenvalue weighted by atomic mass is 19.1. The van der Waals surface area contributed by atoms with E-state index >= 15 is 0 Å². The summed E-state index contributed by atoms with van der Waals surface area (Å²) in [6, 6.07) is 7.34. The summed E-state index contributed by atoms with van der Waals surface area (Å²) in [6.45, 7) is 2.05. The summed E-state index contributed by atoms with van der Waals surface area (Å²) >= 11 is 0. The van der Waals surface area contributed by atoms with Crippen molar-refractivity contribution in [1.29, 1.82) is 0 Å². The van der Waals surface area contributed by atoms with E-state index in [2.05, 4.69) is 5.32 Å². The second kappa shape index (κ2) is 6.89. The smallest absolute Gasteiger partial charge is 0.339 e. The Morgan fingerprint density at radius 1 is 1.32 bits per heavy atom. The molecule has 0 aliphatic heterocycles. The van der Waals surface area contributed by atoms with Crippen LogP contribution in [-0.4, -0.2) is 23.5 Å². The molecule has 2 N–H and O–H groups in total. The first-order valence-electron chi connectivity index (χ1n) is 6.90. The van der Waals surface area contributed by atoms with E-state index in [0.717, 1.165) is 5.56 Å². The molecule has 1 amide bonds. The molecular formula is C16H16FNO4. The number of hydrogen-bond acceptors (Lipinski definition) is 3. The van der Waals surface area contributed by atoms with Gasteiger partial charge in [-0.25, -0.2) is 9.18 Å². The number of amides is 1. The molecule has 0 spiro atoms. The average molecular weight is 305 g/mol. The van der Waals surface area contributed by atoms with E-state index in [-0.39, 0.29) is 22.9 Å². The number of furan rings is 1. The van der Waals surface area contributed by atoms with Crippen molar-refractivity contribution in [2.24, 2.45) is 0 Å². The summed E-state index contributed by atoms with van der Waals surface area (Å²) in [6.07, 6.45) is 0.856. The second-order valence-corrected chi connectivity index (χ2v) is 4.74. The van der Waals surface area contributed by atoms with Gasteiger partial charge in [-0.15, -0.1) is 0 Å². The number of aromatic carboxylic acids is 1. The Balaban J connectivity index is 1.96. The minimum absolute atomic E-state index is 0.00206. The van der Waals surface area contributed by atoms with Gasteiger partial charge in [0.15, 0.2) is 5.76 Å². The molecule has 6 heteroatoms. The standard InChI is InChI=1S/C16H16FNO4/c1-2-13-12(16(20)21)9-14(22-13)15(19)18-7-6-10-4-3-5-11(17)8-10/h3-5,8-9H,2,6-7H2,1H3,(H,18,19)(H,20,21). The van der Waals surface area contributed by atoms with E-state index in [1.807, 2.05) is 0 Å². The first-order valence-corrected chi connectivity index (χ1v) is 6.90. The van der Waals surface area contributed by atoms with E-state index in [1.165, 1.54) is 18.2 Å². The van der Waals surface area contributed by atoms with E-state index in [0.29, 0.717) is 19.4 Å². The van der Waals surface area contributed by atoms with Gasteiger partial charge in [0.2, 0.25) is 0 Å². The van der Waals surface area contributed by atoms with Crippen LogP contribution in [0.4, 0.5) is 4.39 Å². The molecule has 2 aromatic rings. The maximum absolute atomic E-state index is 13.0. The third-order valence-electron chi connectivity index (χ3n) is 3.17. The molecule has 0 atom stereocenters. The minimum Gasteiger partial charge on any atom is -0.478 e. The average Bonchev–Trinajstić information content (AvgIpc) is 2.92. The summed E-state index contributed by atoms with van der Waals surface area (Å²) in [4.78, 5) is 23.0. The Labute approximate surface area is 126 Å². The van der Waals surface area contributed by atoms with Gasteiger partial charge in [-0.3, -0.25) is 4.79 Å². The molecule has 2 rings (SSSR count). The van der Waals surface area contributed by atoms with Gasteiger partial charge in [0.05, 0.1) is 0 Å². The van der Waals surface area contributed by atoms with Crippen molar-refractivity contribution in [3.05, 3.63) is 58.8 Å². The molecule has 0 unspecified atom stereocenters. The van der Waals surface area contributed by atoms with Crippen LogP contribution in [0.15, 0.2) is 34.7 Å². The van der Waals surface area contributed by atoms with Crippen LogP contribution >= 0.6 is 0 Å². The Kier molecular flexibility index (Phi) is 4.93. The highest BCUT2D eigenvalue weighted by Crippen LogP contribution is 2.16. The summed E-state index contributed by atoms with van der Waals surface area (Å²) < 4.78 is 18.3. The van der Waals surface area contributed by atoms with E-state index in [4.69, 9.17) is 9.52 Å². The number of carboxylic acid groups (broad SMARTS) is 1. The Hall–Kier alpha value is -2.63. The molecule has 1 heterocycles. The molecular weight excluding hydrogens is 289 g/mol. The zero-order valence-electron chi connectivity index (χ0n) is 12.1. The molecule has 22 heavy (non-hydrogen) atoms. The molecule has 116 valence electrons.